The Balaban J connectivity index is 1.33. The minimum atomic E-state index is -0.0109. The third-order valence-electron chi connectivity index (χ3n) is 5.47. The van der Waals surface area contributed by atoms with E-state index in [1.54, 1.807) is 7.11 Å². The van der Waals surface area contributed by atoms with Crippen LogP contribution in [0.4, 0.5) is 17.5 Å². The molecule has 3 aromatic rings. The summed E-state index contributed by atoms with van der Waals surface area (Å²) >= 11 is 0. The molecule has 2 heterocycles. The van der Waals surface area contributed by atoms with Gasteiger partial charge in [-0.05, 0) is 55.8 Å². The first kappa shape index (κ1) is 22.4. The smallest absolute Gasteiger partial charge is 0.260 e. The molecule has 0 saturated carbocycles. The summed E-state index contributed by atoms with van der Waals surface area (Å²) in [6.45, 7) is 6.54. The van der Waals surface area contributed by atoms with Crippen LogP contribution in [-0.2, 0) is 4.79 Å². The normalized spacial score (nSPS) is 13.5. The predicted molar refractivity (Wildman–Crippen MR) is 129 cm³/mol. The number of hydrogen-bond donors (Lipinski definition) is 1. The number of aromatic nitrogens is 2. The fourth-order valence-corrected chi connectivity index (χ4v) is 3.68. The Bertz CT molecular complexity index is 1100. The second kappa shape index (κ2) is 10.2. The number of piperazine rings is 1. The average Bonchev–Trinajstić information content (AvgIpc) is 2.83. The standard InChI is InChI=1S/C25H29N5O3/c1-18-5-4-6-22(15-18)33-17-24(31)29-11-13-30(14-12-29)25-26-19(2)16-23(28-25)27-20-7-9-21(32-3)10-8-20/h4-10,15-16H,11-14,17H2,1-3H3,(H,26,27,28). The van der Waals surface area contributed by atoms with E-state index >= 15 is 0 Å². The van der Waals surface area contributed by atoms with Gasteiger partial charge in [-0.1, -0.05) is 12.1 Å². The Morgan fingerprint density at radius 1 is 0.970 bits per heavy atom. The molecule has 172 valence electrons. The highest BCUT2D eigenvalue weighted by Gasteiger charge is 2.23. The van der Waals surface area contributed by atoms with Gasteiger partial charge in [0.25, 0.3) is 5.91 Å². The van der Waals surface area contributed by atoms with Gasteiger partial charge in [0.2, 0.25) is 5.95 Å². The molecule has 0 spiro atoms. The van der Waals surface area contributed by atoms with Crippen molar-refractivity contribution in [2.45, 2.75) is 13.8 Å². The van der Waals surface area contributed by atoms with E-state index in [9.17, 15) is 4.79 Å². The van der Waals surface area contributed by atoms with Gasteiger partial charge in [0.15, 0.2) is 6.61 Å². The van der Waals surface area contributed by atoms with E-state index in [2.05, 4.69) is 15.2 Å². The summed E-state index contributed by atoms with van der Waals surface area (Å²) in [5, 5.41) is 3.32. The van der Waals surface area contributed by atoms with E-state index in [0.29, 0.717) is 37.9 Å². The number of aryl methyl sites for hydroxylation is 2. The molecule has 0 radical (unpaired) electrons. The van der Waals surface area contributed by atoms with Crippen LogP contribution in [0.2, 0.25) is 0 Å². The van der Waals surface area contributed by atoms with Gasteiger partial charge in [-0.3, -0.25) is 4.79 Å². The third-order valence-corrected chi connectivity index (χ3v) is 5.47. The van der Waals surface area contributed by atoms with Crippen LogP contribution in [-0.4, -0.2) is 60.7 Å². The predicted octanol–water partition coefficient (Wildman–Crippen LogP) is 3.57. The van der Waals surface area contributed by atoms with Crippen LogP contribution in [0.5, 0.6) is 11.5 Å². The molecule has 1 aliphatic rings. The first-order valence-corrected chi connectivity index (χ1v) is 11.0. The maximum Gasteiger partial charge on any atom is 0.260 e. The lowest BCUT2D eigenvalue weighted by atomic mass is 10.2. The first-order valence-electron chi connectivity index (χ1n) is 11.0. The van der Waals surface area contributed by atoms with E-state index in [1.807, 2.05) is 73.3 Å². The van der Waals surface area contributed by atoms with Crippen molar-refractivity contribution in [2.24, 2.45) is 0 Å². The molecule has 8 nitrogen and oxygen atoms in total. The molecule has 4 rings (SSSR count). The highest BCUT2D eigenvalue weighted by molar-refractivity contribution is 5.78. The van der Waals surface area contributed by atoms with Crippen molar-refractivity contribution >= 4 is 23.4 Å². The van der Waals surface area contributed by atoms with Gasteiger partial charge in [0, 0.05) is 43.6 Å². The number of rotatable bonds is 7. The maximum atomic E-state index is 12.6. The van der Waals surface area contributed by atoms with Gasteiger partial charge < -0.3 is 24.6 Å². The van der Waals surface area contributed by atoms with Crippen LogP contribution < -0.4 is 19.7 Å². The topological polar surface area (TPSA) is 79.8 Å². The van der Waals surface area contributed by atoms with Crippen molar-refractivity contribution in [3.63, 3.8) is 0 Å². The Labute approximate surface area is 194 Å². The molecule has 0 bridgehead atoms. The van der Waals surface area contributed by atoms with Crippen LogP contribution >= 0.6 is 0 Å². The van der Waals surface area contributed by atoms with Crippen LogP contribution in [0.3, 0.4) is 0 Å². The molecular formula is C25H29N5O3. The Hall–Kier alpha value is -3.81. The molecule has 1 fully saturated rings. The number of carbonyl (C=O) groups is 1. The van der Waals surface area contributed by atoms with E-state index in [0.717, 1.165) is 28.5 Å². The van der Waals surface area contributed by atoms with Gasteiger partial charge in [0.1, 0.15) is 17.3 Å². The summed E-state index contributed by atoms with van der Waals surface area (Å²) < 4.78 is 10.9. The van der Waals surface area contributed by atoms with E-state index in [4.69, 9.17) is 14.5 Å². The minimum Gasteiger partial charge on any atom is -0.497 e. The lowest BCUT2D eigenvalue weighted by Gasteiger charge is -2.34. The third kappa shape index (κ3) is 5.91. The second-order valence-electron chi connectivity index (χ2n) is 8.02. The van der Waals surface area contributed by atoms with Crippen LogP contribution in [0, 0.1) is 13.8 Å². The van der Waals surface area contributed by atoms with Crippen molar-refractivity contribution in [3.05, 3.63) is 65.9 Å². The van der Waals surface area contributed by atoms with Gasteiger partial charge in [0.05, 0.1) is 7.11 Å². The largest absolute Gasteiger partial charge is 0.497 e. The summed E-state index contributed by atoms with van der Waals surface area (Å²) in [5.74, 6) is 2.90. The van der Waals surface area contributed by atoms with Crippen LogP contribution in [0.1, 0.15) is 11.3 Å². The quantitative estimate of drug-likeness (QED) is 0.593. The number of benzene rings is 2. The average molecular weight is 448 g/mol. The first-order chi connectivity index (χ1) is 16.0. The number of amides is 1. The van der Waals surface area contributed by atoms with E-state index in [1.165, 1.54) is 0 Å². The molecule has 0 unspecified atom stereocenters. The molecule has 1 saturated heterocycles. The molecule has 0 atom stereocenters. The zero-order valence-corrected chi connectivity index (χ0v) is 19.2. The van der Waals surface area contributed by atoms with Crippen molar-refractivity contribution in [3.8, 4) is 11.5 Å². The van der Waals surface area contributed by atoms with Crippen LogP contribution in [0.25, 0.3) is 0 Å². The lowest BCUT2D eigenvalue weighted by Crippen LogP contribution is -2.50. The molecular weight excluding hydrogens is 418 g/mol. The van der Waals surface area contributed by atoms with Crippen molar-refractivity contribution in [1.29, 1.82) is 0 Å². The molecule has 1 aliphatic heterocycles. The summed E-state index contributed by atoms with van der Waals surface area (Å²) in [6.07, 6.45) is 0. The number of nitrogens with one attached hydrogen (secondary N) is 1. The Morgan fingerprint density at radius 3 is 2.42 bits per heavy atom. The van der Waals surface area contributed by atoms with E-state index in [-0.39, 0.29) is 12.5 Å². The molecule has 0 aliphatic carbocycles. The number of anilines is 3. The number of ether oxygens (including phenoxy) is 2. The molecule has 1 aromatic heterocycles. The van der Waals surface area contributed by atoms with Gasteiger partial charge in [-0.2, -0.15) is 4.98 Å². The lowest BCUT2D eigenvalue weighted by molar-refractivity contribution is -0.133. The zero-order chi connectivity index (χ0) is 23.2. The zero-order valence-electron chi connectivity index (χ0n) is 19.2. The van der Waals surface area contributed by atoms with Gasteiger partial charge in [-0.25, -0.2) is 4.98 Å². The van der Waals surface area contributed by atoms with E-state index < -0.39 is 0 Å². The van der Waals surface area contributed by atoms with Gasteiger partial charge in [-0.15, -0.1) is 0 Å². The van der Waals surface area contributed by atoms with Crippen LogP contribution in [0.15, 0.2) is 54.6 Å². The van der Waals surface area contributed by atoms with Crippen molar-refractivity contribution in [1.82, 2.24) is 14.9 Å². The van der Waals surface area contributed by atoms with Gasteiger partial charge >= 0.3 is 0 Å². The molecule has 2 aromatic carbocycles. The minimum absolute atomic E-state index is 0.0109. The number of hydrogen-bond acceptors (Lipinski definition) is 7. The number of nitrogens with zero attached hydrogens (tertiary/aromatic N) is 4. The number of methoxy groups -OCH3 is 1. The summed E-state index contributed by atoms with van der Waals surface area (Å²) in [4.78, 5) is 25.8. The Kier molecular flexibility index (Phi) is 6.92. The Morgan fingerprint density at radius 2 is 1.73 bits per heavy atom. The SMILES string of the molecule is COc1ccc(Nc2cc(C)nc(N3CCN(C(=O)COc4cccc(C)c4)CC3)n2)cc1. The highest BCUT2D eigenvalue weighted by Crippen LogP contribution is 2.22. The van der Waals surface area contributed by atoms with Crippen molar-refractivity contribution < 1.29 is 14.3 Å². The van der Waals surface area contributed by atoms with Crippen molar-refractivity contribution in [2.75, 3.05) is 50.1 Å². The second-order valence-corrected chi connectivity index (χ2v) is 8.02. The monoisotopic (exact) mass is 447 g/mol. The summed E-state index contributed by atoms with van der Waals surface area (Å²) in [7, 11) is 1.65. The summed E-state index contributed by atoms with van der Waals surface area (Å²) in [6, 6.07) is 17.3. The maximum absolute atomic E-state index is 12.6. The fraction of sp³-hybridized carbons (Fsp3) is 0.320. The molecule has 8 heteroatoms. The fourth-order valence-electron chi connectivity index (χ4n) is 3.68. The molecule has 1 amide bonds. The highest BCUT2D eigenvalue weighted by atomic mass is 16.5. The summed E-state index contributed by atoms with van der Waals surface area (Å²) in [5.41, 5.74) is 2.90. The molecule has 33 heavy (non-hydrogen) atoms. The number of carbonyl (C=O) groups excluding carboxylic acids is 1. The molecule has 1 N–H and O–H groups in total.